The Bertz CT molecular complexity index is 511. The molecule has 1 unspecified atom stereocenters. The predicted molar refractivity (Wildman–Crippen MR) is 98.2 cm³/mol. The summed E-state index contributed by atoms with van der Waals surface area (Å²) in [7, 11) is 3.98. The zero-order chi connectivity index (χ0) is 16.7. The van der Waals surface area contributed by atoms with Crippen LogP contribution in [0.15, 0.2) is 29.3 Å². The number of benzene rings is 1. The topological polar surface area (TPSA) is 42.9 Å². The summed E-state index contributed by atoms with van der Waals surface area (Å²) in [5, 5.41) is 7.51. The van der Waals surface area contributed by atoms with Gasteiger partial charge in [0.1, 0.15) is 0 Å². The molecule has 1 aliphatic rings. The Hall–Kier alpha value is -1.30. The van der Waals surface area contributed by atoms with Gasteiger partial charge in [0, 0.05) is 57.4 Å². The summed E-state index contributed by atoms with van der Waals surface area (Å²) in [6.07, 6.45) is 0. The summed E-state index contributed by atoms with van der Waals surface area (Å²) in [6.45, 7) is 8.42. The maximum Gasteiger partial charge on any atom is 0.191 e. The molecule has 0 radical (unpaired) electrons. The highest BCUT2D eigenvalue weighted by Gasteiger charge is 2.18. The van der Waals surface area contributed by atoms with Crippen LogP contribution in [0, 0.1) is 0 Å². The third-order valence-corrected chi connectivity index (χ3v) is 4.53. The van der Waals surface area contributed by atoms with E-state index in [4.69, 9.17) is 11.6 Å². The average Bonchev–Trinajstić information content (AvgIpc) is 2.55. The van der Waals surface area contributed by atoms with Crippen molar-refractivity contribution in [2.75, 3.05) is 46.8 Å². The molecular weight excluding hydrogens is 310 g/mol. The van der Waals surface area contributed by atoms with Gasteiger partial charge in [0.25, 0.3) is 0 Å². The van der Waals surface area contributed by atoms with Gasteiger partial charge in [-0.05, 0) is 31.7 Å². The Balaban J connectivity index is 1.74. The van der Waals surface area contributed by atoms with Crippen LogP contribution in [-0.2, 0) is 6.54 Å². The van der Waals surface area contributed by atoms with E-state index in [0.29, 0.717) is 12.6 Å². The van der Waals surface area contributed by atoms with E-state index in [1.165, 1.54) is 0 Å². The normalized spacial score (nSPS) is 18.7. The molecule has 1 saturated heterocycles. The number of guanidine groups is 1. The van der Waals surface area contributed by atoms with Crippen molar-refractivity contribution in [2.24, 2.45) is 4.99 Å². The van der Waals surface area contributed by atoms with Crippen LogP contribution in [0.25, 0.3) is 0 Å². The summed E-state index contributed by atoms with van der Waals surface area (Å²) >= 11 is 6.01. The maximum absolute atomic E-state index is 6.01. The number of aliphatic imine (C=N–C) groups is 1. The Kier molecular flexibility index (Phi) is 7.15. The summed E-state index contributed by atoms with van der Waals surface area (Å²) in [6, 6.07) is 8.36. The zero-order valence-electron chi connectivity index (χ0n) is 14.3. The van der Waals surface area contributed by atoms with Crippen molar-refractivity contribution < 1.29 is 0 Å². The molecule has 0 spiro atoms. The van der Waals surface area contributed by atoms with Gasteiger partial charge in [0.05, 0.1) is 0 Å². The fourth-order valence-electron chi connectivity index (χ4n) is 2.69. The lowest BCUT2D eigenvalue weighted by molar-refractivity contribution is 0.120. The van der Waals surface area contributed by atoms with E-state index in [1.54, 1.807) is 7.05 Å². The highest BCUT2D eigenvalue weighted by molar-refractivity contribution is 6.30. The van der Waals surface area contributed by atoms with Crippen molar-refractivity contribution in [3.63, 3.8) is 0 Å². The molecule has 2 N–H and O–H groups in total. The molecule has 0 aromatic heterocycles. The van der Waals surface area contributed by atoms with Gasteiger partial charge < -0.3 is 15.5 Å². The minimum absolute atomic E-state index is 0.494. The number of piperazine rings is 1. The molecular formula is C17H28ClN5. The van der Waals surface area contributed by atoms with Gasteiger partial charge in [-0.15, -0.1) is 0 Å². The highest BCUT2D eigenvalue weighted by atomic mass is 35.5. The van der Waals surface area contributed by atoms with Crippen molar-refractivity contribution >= 4 is 17.6 Å². The average molecular weight is 338 g/mol. The van der Waals surface area contributed by atoms with E-state index in [2.05, 4.69) is 45.5 Å². The maximum atomic E-state index is 6.01. The fourth-order valence-corrected chi connectivity index (χ4v) is 2.90. The summed E-state index contributed by atoms with van der Waals surface area (Å²) in [4.78, 5) is 9.19. The van der Waals surface area contributed by atoms with Gasteiger partial charge in [-0.2, -0.15) is 0 Å². The first kappa shape index (κ1) is 18.0. The molecule has 0 bridgehead atoms. The monoisotopic (exact) mass is 337 g/mol. The van der Waals surface area contributed by atoms with E-state index < -0.39 is 0 Å². The van der Waals surface area contributed by atoms with Crippen molar-refractivity contribution in [1.82, 2.24) is 20.4 Å². The Morgan fingerprint density at radius 1 is 1.26 bits per heavy atom. The van der Waals surface area contributed by atoms with Crippen molar-refractivity contribution in [2.45, 2.75) is 19.5 Å². The van der Waals surface area contributed by atoms with E-state index in [1.807, 2.05) is 18.2 Å². The molecule has 1 heterocycles. The first-order valence-corrected chi connectivity index (χ1v) is 8.58. The summed E-state index contributed by atoms with van der Waals surface area (Å²) in [5.74, 6) is 0.825. The number of rotatable bonds is 5. The lowest BCUT2D eigenvalue weighted by Gasteiger charge is -2.36. The molecule has 6 heteroatoms. The van der Waals surface area contributed by atoms with Crippen LogP contribution < -0.4 is 10.6 Å². The van der Waals surface area contributed by atoms with Gasteiger partial charge in [-0.3, -0.25) is 9.89 Å². The second-order valence-corrected chi connectivity index (χ2v) is 6.56. The van der Waals surface area contributed by atoms with E-state index >= 15 is 0 Å². The molecule has 1 fully saturated rings. The molecule has 5 nitrogen and oxygen atoms in total. The first-order valence-electron chi connectivity index (χ1n) is 8.20. The van der Waals surface area contributed by atoms with E-state index in [0.717, 1.165) is 49.3 Å². The Morgan fingerprint density at radius 3 is 2.65 bits per heavy atom. The second kappa shape index (κ2) is 9.11. The lowest BCUT2D eigenvalue weighted by Crippen LogP contribution is -2.52. The minimum atomic E-state index is 0.494. The zero-order valence-corrected chi connectivity index (χ0v) is 15.1. The molecule has 1 atom stereocenters. The molecule has 0 amide bonds. The van der Waals surface area contributed by atoms with Crippen LogP contribution in [0.1, 0.15) is 12.5 Å². The molecule has 1 aliphatic heterocycles. The van der Waals surface area contributed by atoms with E-state index in [9.17, 15) is 0 Å². The summed E-state index contributed by atoms with van der Waals surface area (Å²) < 4.78 is 0. The minimum Gasteiger partial charge on any atom is -0.355 e. The molecule has 0 saturated carbocycles. The number of hydrogen-bond donors (Lipinski definition) is 2. The third-order valence-electron chi connectivity index (χ3n) is 4.30. The van der Waals surface area contributed by atoms with Crippen LogP contribution in [0.3, 0.4) is 0 Å². The molecule has 1 aromatic rings. The highest BCUT2D eigenvalue weighted by Crippen LogP contribution is 2.10. The van der Waals surface area contributed by atoms with Crippen LogP contribution >= 0.6 is 11.6 Å². The van der Waals surface area contributed by atoms with Gasteiger partial charge >= 0.3 is 0 Å². The van der Waals surface area contributed by atoms with Gasteiger partial charge in [-0.25, -0.2) is 0 Å². The largest absolute Gasteiger partial charge is 0.355 e. The number of halogens is 1. The number of nitrogens with zero attached hydrogens (tertiary/aromatic N) is 3. The second-order valence-electron chi connectivity index (χ2n) is 6.12. The molecule has 0 aliphatic carbocycles. The molecule has 23 heavy (non-hydrogen) atoms. The lowest BCUT2D eigenvalue weighted by atomic mass is 10.2. The third kappa shape index (κ3) is 6.01. The van der Waals surface area contributed by atoms with Crippen molar-refractivity contribution in [1.29, 1.82) is 0 Å². The first-order chi connectivity index (χ1) is 11.1. The molecule has 128 valence electrons. The van der Waals surface area contributed by atoms with Crippen LogP contribution in [0.5, 0.6) is 0 Å². The van der Waals surface area contributed by atoms with Gasteiger partial charge in [0.15, 0.2) is 5.96 Å². The standard InChI is InChI=1S/C17H28ClN5/c1-14(23-9-7-22(3)8-10-23)12-20-17(19-2)21-13-15-5-4-6-16(18)11-15/h4-6,11,14H,7-10,12-13H2,1-3H3,(H2,19,20,21). The fraction of sp³-hybridized carbons (Fsp3) is 0.588. The SMILES string of the molecule is CN=C(NCc1cccc(Cl)c1)NCC(C)N1CCN(C)CC1. The summed E-state index contributed by atoms with van der Waals surface area (Å²) in [5.41, 5.74) is 1.15. The van der Waals surface area contributed by atoms with Gasteiger partial charge in [0.2, 0.25) is 0 Å². The molecule has 2 rings (SSSR count). The number of nitrogens with one attached hydrogen (secondary N) is 2. The Morgan fingerprint density at radius 2 is 2.00 bits per heavy atom. The van der Waals surface area contributed by atoms with Gasteiger partial charge in [-0.1, -0.05) is 23.7 Å². The predicted octanol–water partition coefficient (Wildman–Crippen LogP) is 1.64. The van der Waals surface area contributed by atoms with Crippen LogP contribution in [-0.4, -0.2) is 68.6 Å². The molecule has 1 aromatic carbocycles. The van der Waals surface area contributed by atoms with Crippen molar-refractivity contribution in [3.8, 4) is 0 Å². The number of likely N-dealkylation sites (N-methyl/N-ethyl adjacent to an activating group) is 1. The smallest absolute Gasteiger partial charge is 0.191 e. The van der Waals surface area contributed by atoms with Crippen LogP contribution in [0.2, 0.25) is 5.02 Å². The van der Waals surface area contributed by atoms with Crippen molar-refractivity contribution in [3.05, 3.63) is 34.9 Å². The van der Waals surface area contributed by atoms with Crippen LogP contribution in [0.4, 0.5) is 0 Å². The quantitative estimate of drug-likeness (QED) is 0.633. The number of hydrogen-bond acceptors (Lipinski definition) is 3. The van der Waals surface area contributed by atoms with E-state index in [-0.39, 0.29) is 0 Å². The Labute approximate surface area is 144 Å².